The van der Waals surface area contributed by atoms with Crippen LogP contribution in [0.4, 0.5) is 0 Å². The third-order valence-electron chi connectivity index (χ3n) is 6.09. The van der Waals surface area contributed by atoms with Gasteiger partial charge in [-0.25, -0.2) is 0 Å². The van der Waals surface area contributed by atoms with Crippen LogP contribution in [0.25, 0.3) is 0 Å². The minimum absolute atomic E-state index is 0. The number of carbonyl (C=O) groups excluding carboxylic acids is 2. The van der Waals surface area contributed by atoms with E-state index in [-0.39, 0.29) is 16.5 Å². The van der Waals surface area contributed by atoms with E-state index in [9.17, 15) is 0 Å². The van der Waals surface area contributed by atoms with Crippen LogP contribution in [0.5, 0.6) is 0 Å². The molecule has 0 saturated carbocycles. The second kappa shape index (κ2) is 21.5. The molecule has 0 fully saturated rings. The Balaban J connectivity index is 0.000000264. The molecule has 5 heteroatoms. The summed E-state index contributed by atoms with van der Waals surface area (Å²) in [6.45, 7) is 9.00. The molecular weight excluding hydrogens is 791 g/mol. The molecule has 4 radical (unpaired) electrons. The van der Waals surface area contributed by atoms with Gasteiger partial charge in [0.2, 0.25) is 0 Å². The third kappa shape index (κ3) is 11.1. The van der Waals surface area contributed by atoms with E-state index in [4.69, 9.17) is 9.59 Å². The molecule has 0 aliphatic rings. The summed E-state index contributed by atoms with van der Waals surface area (Å²) in [7, 11) is 0. The normalized spacial score (nSPS) is 9.53. The van der Waals surface area contributed by atoms with Gasteiger partial charge >= 0.3 is 243 Å². The van der Waals surface area contributed by atoms with Crippen molar-refractivity contribution < 1.29 is 26.1 Å². The summed E-state index contributed by atoms with van der Waals surface area (Å²) in [6, 6.07) is 65.8. The summed E-state index contributed by atoms with van der Waals surface area (Å²) in [5, 5.41) is 0. The SMILES string of the molecule is [C]=O.[C]=O.[Ni].c1cc[c]([Sb]([c]2ccccc2)[c]2ccccc2)cc1.c1cc[c]([Sb]([c]2ccccc2)[c]2ccccc2)cc1. The quantitative estimate of drug-likeness (QED) is 0.241. The molecule has 43 heavy (non-hydrogen) atoms. The van der Waals surface area contributed by atoms with Crippen molar-refractivity contribution in [2.75, 3.05) is 0 Å². The molecule has 6 aromatic carbocycles. The number of benzene rings is 6. The molecule has 0 aliphatic heterocycles. The monoisotopic (exact) mass is 818 g/mol. The van der Waals surface area contributed by atoms with E-state index in [0.717, 1.165) is 0 Å². The predicted molar refractivity (Wildman–Crippen MR) is 179 cm³/mol. The van der Waals surface area contributed by atoms with Gasteiger partial charge in [-0.15, -0.1) is 0 Å². The van der Waals surface area contributed by atoms with Crippen molar-refractivity contribution in [1.82, 2.24) is 0 Å². The number of hydrogen-bond donors (Lipinski definition) is 0. The Kier molecular flexibility index (Phi) is 18.0. The van der Waals surface area contributed by atoms with Crippen molar-refractivity contribution in [3.8, 4) is 0 Å². The zero-order valence-corrected chi connectivity index (χ0v) is 29.4. The van der Waals surface area contributed by atoms with E-state index in [1.165, 1.54) is 21.1 Å². The molecule has 0 amide bonds. The summed E-state index contributed by atoms with van der Waals surface area (Å²) in [5.41, 5.74) is 0. The molecule has 214 valence electrons. The second-order valence-electron chi connectivity index (χ2n) is 8.68. The van der Waals surface area contributed by atoms with Gasteiger partial charge in [0.05, 0.1) is 0 Å². The minimum atomic E-state index is -1.83. The van der Waals surface area contributed by atoms with Gasteiger partial charge in [-0.3, -0.25) is 9.59 Å². The van der Waals surface area contributed by atoms with E-state index in [1.807, 2.05) is 0 Å². The average molecular weight is 821 g/mol. The van der Waals surface area contributed by atoms with E-state index < -0.39 is 40.4 Å². The average Bonchev–Trinajstić information content (AvgIpc) is 3.10. The predicted octanol–water partition coefficient (Wildman–Crippen LogP) is 3.61. The van der Waals surface area contributed by atoms with Crippen molar-refractivity contribution in [3.05, 3.63) is 182 Å². The maximum absolute atomic E-state index is 7.50. The Morgan fingerprint density at radius 2 is 0.372 bits per heavy atom. The van der Waals surface area contributed by atoms with Gasteiger partial charge in [0.15, 0.2) is 0 Å². The van der Waals surface area contributed by atoms with Crippen LogP contribution in [0.2, 0.25) is 0 Å². The Hall–Kier alpha value is -3.21. The molecular formula is C38H30NiO2Sb2. The molecule has 0 atom stereocenters. The van der Waals surface area contributed by atoms with Gasteiger partial charge < -0.3 is 0 Å². The van der Waals surface area contributed by atoms with E-state index in [2.05, 4.69) is 196 Å². The zero-order chi connectivity index (χ0) is 29.8. The molecule has 0 aliphatic carbocycles. The zero-order valence-electron chi connectivity index (χ0n) is 23.3. The third-order valence-corrected chi connectivity index (χ3v) is 20.0. The van der Waals surface area contributed by atoms with Crippen molar-refractivity contribution in [3.63, 3.8) is 0 Å². The van der Waals surface area contributed by atoms with E-state index in [0.29, 0.717) is 0 Å². The van der Waals surface area contributed by atoms with Crippen LogP contribution < -0.4 is 21.1 Å². The second-order valence-corrected chi connectivity index (χ2v) is 21.4. The van der Waals surface area contributed by atoms with Gasteiger partial charge in [0, 0.05) is 16.5 Å². The summed E-state index contributed by atoms with van der Waals surface area (Å²) in [6.07, 6.45) is 0. The van der Waals surface area contributed by atoms with Crippen LogP contribution in [0.15, 0.2) is 182 Å². The first kappa shape index (κ1) is 36.0. The Labute approximate surface area is 280 Å². The summed E-state index contributed by atoms with van der Waals surface area (Å²) in [4.78, 5) is 15.0. The topological polar surface area (TPSA) is 34.1 Å². The van der Waals surface area contributed by atoms with Crippen LogP contribution in [0.3, 0.4) is 0 Å². The molecule has 0 N–H and O–H groups in total. The van der Waals surface area contributed by atoms with Crippen molar-refractivity contribution in [2.45, 2.75) is 0 Å². The Morgan fingerprint density at radius 1 is 0.256 bits per heavy atom. The number of rotatable bonds is 6. The standard InChI is InChI=1S/6C6H5.2CO.Ni.2Sb/c6*1-2-4-6-5-3-1;2*1-2;;;/h6*1-5H;;;;;. The molecule has 0 heterocycles. The van der Waals surface area contributed by atoms with Gasteiger partial charge in [-0.2, -0.15) is 0 Å². The molecule has 6 aromatic rings. The van der Waals surface area contributed by atoms with Crippen LogP contribution >= 0.6 is 0 Å². The Morgan fingerprint density at radius 3 is 0.488 bits per heavy atom. The number of hydrogen-bond acceptors (Lipinski definition) is 2. The first-order valence-corrected chi connectivity index (χ1v) is 20.9. The summed E-state index contributed by atoms with van der Waals surface area (Å²) < 4.78 is 9.10. The molecule has 0 saturated heterocycles. The van der Waals surface area contributed by atoms with Crippen LogP contribution in [-0.4, -0.2) is 54.0 Å². The Bertz CT molecular complexity index is 1220. The molecule has 0 spiro atoms. The summed E-state index contributed by atoms with van der Waals surface area (Å²) in [5.74, 6) is 0. The fourth-order valence-corrected chi connectivity index (χ4v) is 17.5. The van der Waals surface area contributed by atoms with E-state index >= 15 is 0 Å². The first-order chi connectivity index (χ1) is 20.9. The molecule has 2 nitrogen and oxygen atoms in total. The van der Waals surface area contributed by atoms with E-state index in [1.54, 1.807) is 0 Å². The molecule has 0 bridgehead atoms. The van der Waals surface area contributed by atoms with Gasteiger partial charge in [0.1, 0.15) is 0 Å². The fraction of sp³-hybridized carbons (Fsp3) is 0. The van der Waals surface area contributed by atoms with Gasteiger partial charge in [-0.1, -0.05) is 0 Å². The van der Waals surface area contributed by atoms with Crippen LogP contribution in [0, 0.1) is 0 Å². The van der Waals surface area contributed by atoms with Crippen molar-refractivity contribution >= 4 is 75.1 Å². The van der Waals surface area contributed by atoms with Gasteiger partial charge in [0.25, 0.3) is 13.6 Å². The summed E-state index contributed by atoms with van der Waals surface area (Å²) >= 11 is -3.65. The maximum atomic E-state index is 7.50. The van der Waals surface area contributed by atoms with Crippen LogP contribution in [0.1, 0.15) is 0 Å². The molecule has 0 unspecified atom stereocenters. The molecule has 0 aromatic heterocycles. The first-order valence-electron chi connectivity index (χ1n) is 13.2. The van der Waals surface area contributed by atoms with Gasteiger partial charge in [-0.05, 0) is 0 Å². The fourth-order valence-electron chi connectivity index (χ4n) is 4.36. The van der Waals surface area contributed by atoms with Crippen molar-refractivity contribution in [2.24, 2.45) is 0 Å². The van der Waals surface area contributed by atoms with Crippen LogP contribution in [-0.2, 0) is 26.1 Å². The van der Waals surface area contributed by atoms with Crippen molar-refractivity contribution in [1.29, 1.82) is 0 Å². The molecule has 6 rings (SSSR count).